The number of methoxy groups -OCH3 is 1. The van der Waals surface area contributed by atoms with Gasteiger partial charge in [0, 0.05) is 18.0 Å². The molecule has 0 aliphatic heterocycles. The van der Waals surface area contributed by atoms with E-state index in [-0.39, 0.29) is 18.4 Å². The molecule has 1 heterocycles. The molecule has 1 atom stereocenters. The zero-order chi connectivity index (χ0) is 19.2. The summed E-state index contributed by atoms with van der Waals surface area (Å²) < 4.78 is 7.26. The summed E-state index contributed by atoms with van der Waals surface area (Å²) in [5.41, 5.74) is 7.08. The first kappa shape index (κ1) is 18.3. The van der Waals surface area contributed by atoms with Crippen LogP contribution < -0.4 is 15.8 Å². The summed E-state index contributed by atoms with van der Waals surface area (Å²) in [6.07, 6.45) is 4.08. The highest BCUT2D eigenvalue weighted by Crippen LogP contribution is 2.27. The van der Waals surface area contributed by atoms with Crippen LogP contribution in [0.25, 0.3) is 0 Å². The van der Waals surface area contributed by atoms with E-state index in [0.29, 0.717) is 17.0 Å². The number of ether oxygens (including phenoxy) is 1. The number of nitrogens with two attached hydrogens (primary N) is 1. The molecule has 0 bridgehead atoms. The Kier molecular flexibility index (Phi) is 5.56. The van der Waals surface area contributed by atoms with Gasteiger partial charge in [0.2, 0.25) is 11.8 Å². The van der Waals surface area contributed by atoms with Crippen LogP contribution in [0.4, 0.5) is 5.69 Å². The third kappa shape index (κ3) is 4.36. The Bertz CT molecular complexity index is 921. The quantitative estimate of drug-likeness (QED) is 0.676. The first-order chi connectivity index (χ1) is 13.1. The summed E-state index contributed by atoms with van der Waals surface area (Å²) in [6, 6.07) is 18.2. The normalized spacial score (nSPS) is 11.6. The first-order valence-electron chi connectivity index (χ1n) is 8.53. The minimum atomic E-state index is -0.567. The van der Waals surface area contributed by atoms with E-state index in [1.54, 1.807) is 12.1 Å². The Labute approximate surface area is 157 Å². The molecule has 1 aromatic heterocycles. The van der Waals surface area contributed by atoms with Crippen LogP contribution in [-0.2, 0) is 4.79 Å². The third-order valence-corrected chi connectivity index (χ3v) is 4.31. The van der Waals surface area contributed by atoms with Crippen LogP contribution in [0.1, 0.15) is 28.4 Å². The van der Waals surface area contributed by atoms with Gasteiger partial charge in [0.15, 0.2) is 0 Å². The van der Waals surface area contributed by atoms with E-state index in [1.165, 1.54) is 13.2 Å². The highest BCUT2D eigenvalue weighted by atomic mass is 16.5. The van der Waals surface area contributed by atoms with E-state index in [9.17, 15) is 9.59 Å². The maximum atomic E-state index is 12.7. The maximum Gasteiger partial charge on any atom is 0.248 e. The van der Waals surface area contributed by atoms with Gasteiger partial charge in [-0.05, 0) is 35.9 Å². The van der Waals surface area contributed by atoms with Gasteiger partial charge < -0.3 is 20.4 Å². The molecule has 3 aromatic rings. The Morgan fingerprint density at radius 3 is 2.41 bits per heavy atom. The SMILES string of the molecule is COc1ccc(C(N)=O)cc1NC(=O)C[C@H](c1ccccc1)n1cccc1. The fourth-order valence-corrected chi connectivity index (χ4v) is 2.96. The summed E-state index contributed by atoms with van der Waals surface area (Å²) >= 11 is 0. The summed E-state index contributed by atoms with van der Waals surface area (Å²) in [4.78, 5) is 24.2. The highest BCUT2D eigenvalue weighted by Gasteiger charge is 2.18. The minimum Gasteiger partial charge on any atom is -0.495 e. The van der Waals surface area contributed by atoms with Crippen molar-refractivity contribution in [1.29, 1.82) is 0 Å². The monoisotopic (exact) mass is 363 g/mol. The number of nitrogens with zero attached hydrogens (tertiary/aromatic N) is 1. The van der Waals surface area contributed by atoms with Crippen LogP contribution in [-0.4, -0.2) is 23.5 Å². The van der Waals surface area contributed by atoms with Crippen molar-refractivity contribution in [1.82, 2.24) is 4.57 Å². The van der Waals surface area contributed by atoms with Crippen LogP contribution in [0.3, 0.4) is 0 Å². The van der Waals surface area contributed by atoms with Crippen LogP contribution in [0.2, 0.25) is 0 Å². The summed E-state index contributed by atoms with van der Waals surface area (Å²) in [6.45, 7) is 0. The molecule has 0 aliphatic rings. The molecule has 27 heavy (non-hydrogen) atoms. The lowest BCUT2D eigenvalue weighted by Crippen LogP contribution is -2.20. The van der Waals surface area contributed by atoms with Crippen molar-refractivity contribution in [2.45, 2.75) is 12.5 Å². The Balaban J connectivity index is 1.83. The van der Waals surface area contributed by atoms with Crippen LogP contribution in [0.5, 0.6) is 5.75 Å². The summed E-state index contributed by atoms with van der Waals surface area (Å²) in [7, 11) is 1.50. The number of hydrogen-bond donors (Lipinski definition) is 2. The molecular weight excluding hydrogens is 342 g/mol. The summed E-state index contributed by atoms with van der Waals surface area (Å²) in [5.74, 6) is -0.300. The molecule has 0 aliphatic carbocycles. The van der Waals surface area contributed by atoms with Crippen LogP contribution in [0, 0.1) is 0 Å². The molecule has 0 saturated heterocycles. The first-order valence-corrected chi connectivity index (χ1v) is 8.53. The molecule has 0 fully saturated rings. The molecule has 6 nitrogen and oxygen atoms in total. The average molecular weight is 363 g/mol. The van der Waals surface area contributed by atoms with E-state index in [2.05, 4.69) is 5.32 Å². The lowest BCUT2D eigenvalue weighted by atomic mass is 10.0. The van der Waals surface area contributed by atoms with E-state index in [1.807, 2.05) is 59.4 Å². The number of rotatable bonds is 7. The Hall–Kier alpha value is -3.54. The van der Waals surface area contributed by atoms with E-state index < -0.39 is 5.91 Å². The van der Waals surface area contributed by atoms with Gasteiger partial charge in [-0.3, -0.25) is 9.59 Å². The van der Waals surface area contributed by atoms with Crippen molar-refractivity contribution < 1.29 is 14.3 Å². The van der Waals surface area contributed by atoms with Gasteiger partial charge in [0.1, 0.15) is 5.75 Å². The van der Waals surface area contributed by atoms with Crippen molar-refractivity contribution in [3.8, 4) is 5.75 Å². The number of nitrogens with one attached hydrogen (secondary N) is 1. The lowest BCUT2D eigenvalue weighted by molar-refractivity contribution is -0.116. The number of aromatic nitrogens is 1. The molecule has 0 spiro atoms. The van der Waals surface area contributed by atoms with E-state index >= 15 is 0 Å². The molecule has 2 amide bonds. The number of carbonyl (C=O) groups excluding carboxylic acids is 2. The van der Waals surface area contributed by atoms with Gasteiger partial charge >= 0.3 is 0 Å². The maximum absolute atomic E-state index is 12.7. The minimum absolute atomic E-state index is 0.147. The second-order valence-electron chi connectivity index (χ2n) is 6.09. The zero-order valence-corrected chi connectivity index (χ0v) is 15.0. The molecule has 6 heteroatoms. The third-order valence-electron chi connectivity index (χ3n) is 4.31. The molecule has 138 valence electrons. The predicted octanol–water partition coefficient (Wildman–Crippen LogP) is 3.21. The zero-order valence-electron chi connectivity index (χ0n) is 15.0. The van der Waals surface area contributed by atoms with Crippen LogP contribution in [0.15, 0.2) is 73.1 Å². The van der Waals surface area contributed by atoms with Gasteiger partial charge in [-0.2, -0.15) is 0 Å². The predicted molar refractivity (Wildman–Crippen MR) is 104 cm³/mol. The second-order valence-corrected chi connectivity index (χ2v) is 6.09. The Morgan fingerprint density at radius 1 is 1.07 bits per heavy atom. The average Bonchev–Trinajstić information content (AvgIpc) is 3.21. The smallest absolute Gasteiger partial charge is 0.248 e. The number of benzene rings is 2. The molecule has 3 rings (SSSR count). The molecule has 3 N–H and O–H groups in total. The molecular formula is C21H21N3O3. The van der Waals surface area contributed by atoms with Gasteiger partial charge in [-0.1, -0.05) is 30.3 Å². The van der Waals surface area contributed by atoms with Gasteiger partial charge in [-0.15, -0.1) is 0 Å². The van der Waals surface area contributed by atoms with Crippen molar-refractivity contribution >= 4 is 17.5 Å². The number of amides is 2. The number of hydrogen-bond acceptors (Lipinski definition) is 3. The number of anilines is 1. The molecule has 0 unspecified atom stereocenters. The van der Waals surface area contributed by atoms with Gasteiger partial charge in [0.05, 0.1) is 25.3 Å². The largest absolute Gasteiger partial charge is 0.495 e. The Morgan fingerprint density at radius 2 is 1.78 bits per heavy atom. The number of primary amides is 1. The lowest BCUT2D eigenvalue weighted by Gasteiger charge is -2.20. The van der Waals surface area contributed by atoms with Gasteiger partial charge in [-0.25, -0.2) is 0 Å². The standard InChI is InChI=1S/C21H21N3O3/c1-27-19-10-9-16(21(22)26)13-17(19)23-20(25)14-18(24-11-5-6-12-24)15-7-3-2-4-8-15/h2-13,18H,14H2,1H3,(H2,22,26)(H,23,25)/t18-/m1/s1. The highest BCUT2D eigenvalue weighted by molar-refractivity contribution is 5.97. The van der Waals surface area contributed by atoms with Gasteiger partial charge in [0.25, 0.3) is 0 Å². The summed E-state index contributed by atoms with van der Waals surface area (Å²) in [5, 5.41) is 2.83. The van der Waals surface area contributed by atoms with Crippen LogP contribution >= 0.6 is 0 Å². The fraction of sp³-hybridized carbons (Fsp3) is 0.143. The molecule has 0 saturated carbocycles. The van der Waals surface area contributed by atoms with Crippen molar-refractivity contribution in [3.63, 3.8) is 0 Å². The number of carbonyl (C=O) groups is 2. The fourth-order valence-electron chi connectivity index (χ4n) is 2.96. The van der Waals surface area contributed by atoms with Crippen molar-refractivity contribution in [2.24, 2.45) is 5.73 Å². The van der Waals surface area contributed by atoms with Crippen molar-refractivity contribution in [2.75, 3.05) is 12.4 Å². The van der Waals surface area contributed by atoms with Crippen molar-refractivity contribution in [3.05, 3.63) is 84.2 Å². The van der Waals surface area contributed by atoms with E-state index in [4.69, 9.17) is 10.5 Å². The van der Waals surface area contributed by atoms with E-state index in [0.717, 1.165) is 5.56 Å². The topological polar surface area (TPSA) is 86.3 Å². The molecule has 2 aromatic carbocycles. The second kappa shape index (κ2) is 8.23. The molecule has 0 radical (unpaired) electrons.